The molecule has 2 aromatic rings. The molecule has 0 saturated heterocycles. The molecular formula is C11H13FN4O. The van der Waals surface area contributed by atoms with Crippen molar-refractivity contribution in [3.63, 3.8) is 0 Å². The van der Waals surface area contributed by atoms with Crippen LogP contribution in [0.5, 0.6) is 0 Å². The number of nitrogens with two attached hydrogens (primary N) is 1. The van der Waals surface area contributed by atoms with Crippen LogP contribution in [0, 0.1) is 11.7 Å². The van der Waals surface area contributed by atoms with Crippen molar-refractivity contribution in [1.29, 1.82) is 0 Å². The SMILES string of the molecule is CC(CN)C(=O)Nc1n[nH]c2ccc(F)cc12. The van der Waals surface area contributed by atoms with Gasteiger partial charge < -0.3 is 11.1 Å². The summed E-state index contributed by atoms with van der Waals surface area (Å²) in [6, 6.07) is 4.22. The number of aromatic amines is 1. The van der Waals surface area contributed by atoms with E-state index in [-0.39, 0.29) is 24.2 Å². The van der Waals surface area contributed by atoms with Gasteiger partial charge in [0.05, 0.1) is 5.52 Å². The van der Waals surface area contributed by atoms with Gasteiger partial charge in [-0.1, -0.05) is 6.92 Å². The summed E-state index contributed by atoms with van der Waals surface area (Å²) in [5, 5.41) is 9.80. The maximum atomic E-state index is 13.1. The lowest BCUT2D eigenvalue weighted by Gasteiger charge is -2.07. The zero-order valence-electron chi connectivity index (χ0n) is 9.33. The predicted molar refractivity (Wildman–Crippen MR) is 62.9 cm³/mol. The van der Waals surface area contributed by atoms with Gasteiger partial charge >= 0.3 is 0 Å². The van der Waals surface area contributed by atoms with E-state index in [1.165, 1.54) is 12.1 Å². The zero-order valence-corrected chi connectivity index (χ0v) is 9.33. The molecule has 6 heteroatoms. The number of carbonyl (C=O) groups is 1. The van der Waals surface area contributed by atoms with E-state index in [0.717, 1.165) is 0 Å². The Hall–Kier alpha value is -1.95. The van der Waals surface area contributed by atoms with Gasteiger partial charge in [-0.05, 0) is 18.2 Å². The highest BCUT2D eigenvalue weighted by molar-refractivity contribution is 6.00. The minimum Gasteiger partial charge on any atom is -0.330 e. The molecule has 0 fully saturated rings. The Morgan fingerprint density at radius 2 is 2.41 bits per heavy atom. The summed E-state index contributed by atoms with van der Waals surface area (Å²) in [5.74, 6) is -0.591. The van der Waals surface area contributed by atoms with E-state index in [1.54, 1.807) is 13.0 Å². The van der Waals surface area contributed by atoms with Crippen LogP contribution in [-0.4, -0.2) is 22.6 Å². The Balaban J connectivity index is 2.30. The highest BCUT2D eigenvalue weighted by Crippen LogP contribution is 2.21. The Kier molecular flexibility index (Phi) is 3.06. The molecule has 1 atom stereocenters. The van der Waals surface area contributed by atoms with E-state index in [0.29, 0.717) is 16.7 Å². The van der Waals surface area contributed by atoms with Gasteiger partial charge in [-0.3, -0.25) is 9.89 Å². The number of anilines is 1. The first-order valence-corrected chi connectivity index (χ1v) is 5.26. The third-order valence-corrected chi connectivity index (χ3v) is 2.57. The van der Waals surface area contributed by atoms with Gasteiger partial charge in [0.1, 0.15) is 5.82 Å². The van der Waals surface area contributed by atoms with Gasteiger partial charge in [0.2, 0.25) is 5.91 Å². The molecule has 0 radical (unpaired) electrons. The fraction of sp³-hybridized carbons (Fsp3) is 0.273. The summed E-state index contributed by atoms with van der Waals surface area (Å²) in [7, 11) is 0. The monoisotopic (exact) mass is 236 g/mol. The van der Waals surface area contributed by atoms with Crippen molar-refractivity contribution in [2.45, 2.75) is 6.92 Å². The number of carbonyl (C=O) groups excluding carboxylic acids is 1. The minimum absolute atomic E-state index is 0.231. The van der Waals surface area contributed by atoms with Crippen molar-refractivity contribution >= 4 is 22.6 Å². The molecule has 2 rings (SSSR count). The second-order valence-corrected chi connectivity index (χ2v) is 3.89. The Morgan fingerprint density at radius 1 is 1.65 bits per heavy atom. The molecule has 0 spiro atoms. The number of hydrogen-bond donors (Lipinski definition) is 3. The quantitative estimate of drug-likeness (QED) is 0.749. The summed E-state index contributed by atoms with van der Waals surface area (Å²) < 4.78 is 13.1. The first kappa shape index (κ1) is 11.5. The van der Waals surface area contributed by atoms with Crippen LogP contribution < -0.4 is 11.1 Å². The number of amides is 1. The predicted octanol–water partition coefficient (Wildman–Crippen LogP) is 1.24. The third kappa shape index (κ3) is 2.26. The number of benzene rings is 1. The molecule has 1 heterocycles. The van der Waals surface area contributed by atoms with Crippen molar-refractivity contribution < 1.29 is 9.18 Å². The largest absolute Gasteiger partial charge is 0.330 e. The number of rotatable bonds is 3. The van der Waals surface area contributed by atoms with Crippen LogP contribution in [0.4, 0.5) is 10.2 Å². The zero-order chi connectivity index (χ0) is 12.4. The number of aromatic nitrogens is 2. The average molecular weight is 236 g/mol. The normalized spacial score (nSPS) is 12.6. The van der Waals surface area contributed by atoms with Crippen molar-refractivity contribution in [2.75, 3.05) is 11.9 Å². The molecule has 0 bridgehead atoms. The molecule has 90 valence electrons. The molecule has 5 nitrogen and oxygen atoms in total. The van der Waals surface area contributed by atoms with E-state index in [2.05, 4.69) is 15.5 Å². The second kappa shape index (κ2) is 4.50. The number of halogens is 1. The van der Waals surface area contributed by atoms with Gasteiger partial charge in [-0.25, -0.2) is 4.39 Å². The second-order valence-electron chi connectivity index (χ2n) is 3.89. The van der Waals surface area contributed by atoms with Gasteiger partial charge in [0, 0.05) is 17.8 Å². The molecule has 0 aliphatic carbocycles. The highest BCUT2D eigenvalue weighted by atomic mass is 19.1. The number of H-pyrrole nitrogens is 1. The van der Waals surface area contributed by atoms with E-state index in [1.807, 2.05) is 0 Å². The lowest BCUT2D eigenvalue weighted by Crippen LogP contribution is -2.26. The van der Waals surface area contributed by atoms with Crippen LogP contribution in [0.25, 0.3) is 10.9 Å². The van der Waals surface area contributed by atoms with Crippen LogP contribution in [-0.2, 0) is 4.79 Å². The molecule has 1 amide bonds. The molecular weight excluding hydrogens is 223 g/mol. The Morgan fingerprint density at radius 3 is 3.12 bits per heavy atom. The number of fused-ring (bicyclic) bond motifs is 1. The molecule has 0 aliphatic rings. The van der Waals surface area contributed by atoms with Crippen LogP contribution in [0.1, 0.15) is 6.92 Å². The summed E-state index contributed by atoms with van der Waals surface area (Å²) in [6.45, 7) is 1.97. The van der Waals surface area contributed by atoms with Crippen molar-refractivity contribution in [2.24, 2.45) is 11.7 Å². The molecule has 0 saturated carbocycles. The fourth-order valence-electron chi connectivity index (χ4n) is 1.43. The van der Waals surface area contributed by atoms with E-state index < -0.39 is 0 Å². The van der Waals surface area contributed by atoms with E-state index in [4.69, 9.17) is 5.73 Å². The fourth-order valence-corrected chi connectivity index (χ4v) is 1.43. The minimum atomic E-state index is -0.374. The van der Waals surface area contributed by atoms with Crippen LogP contribution in [0.3, 0.4) is 0 Å². The smallest absolute Gasteiger partial charge is 0.229 e. The summed E-state index contributed by atoms with van der Waals surface area (Å²) >= 11 is 0. The standard InChI is InChI=1S/C11H13FN4O/c1-6(5-13)11(17)14-10-8-4-7(12)2-3-9(8)15-16-10/h2-4,6H,5,13H2,1H3,(H2,14,15,16,17). The number of nitrogens with zero attached hydrogens (tertiary/aromatic N) is 1. The molecule has 1 aromatic heterocycles. The summed E-state index contributed by atoms with van der Waals surface area (Å²) in [6.07, 6.45) is 0. The number of nitrogens with one attached hydrogen (secondary N) is 2. The Bertz CT molecular complexity index is 551. The molecule has 1 unspecified atom stereocenters. The van der Waals surface area contributed by atoms with Crippen molar-refractivity contribution in [1.82, 2.24) is 10.2 Å². The van der Waals surface area contributed by atoms with Crippen LogP contribution in [0.2, 0.25) is 0 Å². The molecule has 1 aromatic carbocycles. The maximum absolute atomic E-state index is 13.1. The molecule has 0 aliphatic heterocycles. The Labute approximate surface area is 97.2 Å². The lowest BCUT2D eigenvalue weighted by atomic mass is 10.1. The van der Waals surface area contributed by atoms with Crippen LogP contribution in [0.15, 0.2) is 18.2 Å². The molecule has 4 N–H and O–H groups in total. The maximum Gasteiger partial charge on any atom is 0.229 e. The van der Waals surface area contributed by atoms with Gasteiger partial charge in [-0.15, -0.1) is 0 Å². The van der Waals surface area contributed by atoms with Gasteiger partial charge in [0.25, 0.3) is 0 Å². The number of hydrogen-bond acceptors (Lipinski definition) is 3. The average Bonchev–Trinajstić information content (AvgIpc) is 2.71. The highest BCUT2D eigenvalue weighted by Gasteiger charge is 2.14. The van der Waals surface area contributed by atoms with Crippen molar-refractivity contribution in [3.05, 3.63) is 24.0 Å². The lowest BCUT2D eigenvalue weighted by molar-refractivity contribution is -0.119. The van der Waals surface area contributed by atoms with Gasteiger partial charge in [0.15, 0.2) is 5.82 Å². The third-order valence-electron chi connectivity index (χ3n) is 2.57. The van der Waals surface area contributed by atoms with E-state index >= 15 is 0 Å². The first-order chi connectivity index (χ1) is 8.11. The first-order valence-electron chi connectivity index (χ1n) is 5.26. The van der Waals surface area contributed by atoms with E-state index in [9.17, 15) is 9.18 Å². The summed E-state index contributed by atoms with van der Waals surface area (Å²) in [4.78, 5) is 11.6. The van der Waals surface area contributed by atoms with Crippen LogP contribution >= 0.6 is 0 Å². The van der Waals surface area contributed by atoms with Gasteiger partial charge in [-0.2, -0.15) is 5.10 Å². The summed E-state index contributed by atoms with van der Waals surface area (Å²) in [5.41, 5.74) is 6.06. The molecule has 17 heavy (non-hydrogen) atoms. The topological polar surface area (TPSA) is 83.8 Å². The van der Waals surface area contributed by atoms with Crippen molar-refractivity contribution in [3.8, 4) is 0 Å².